The largest absolute Gasteiger partial charge is 0.456 e. The van der Waals surface area contributed by atoms with E-state index in [0.717, 1.165) is 23.3 Å². The van der Waals surface area contributed by atoms with Gasteiger partial charge in [-0.3, -0.25) is 14.4 Å². The van der Waals surface area contributed by atoms with Gasteiger partial charge in [0.25, 0.3) is 11.7 Å². The van der Waals surface area contributed by atoms with Crippen LogP contribution in [0.2, 0.25) is 0 Å². The average Bonchev–Trinajstić information content (AvgIpc) is 3.15. The van der Waals surface area contributed by atoms with E-state index in [1.165, 1.54) is 21.1 Å². The maximum atomic E-state index is 14.1. The molecule has 3 aliphatic rings. The van der Waals surface area contributed by atoms with E-state index in [0.29, 0.717) is 56.8 Å². The van der Waals surface area contributed by atoms with Gasteiger partial charge in [-0.2, -0.15) is 0 Å². The molecule has 0 aromatic rings. The van der Waals surface area contributed by atoms with Gasteiger partial charge in [-0.15, -0.1) is 0 Å². The van der Waals surface area contributed by atoms with Crippen LogP contribution in [-0.4, -0.2) is 118 Å². The number of esters is 1. The lowest BCUT2D eigenvalue weighted by Crippen LogP contribution is -2.58. The Morgan fingerprint density at radius 3 is 2.29 bits per heavy atom. The summed E-state index contributed by atoms with van der Waals surface area (Å²) in [6, 6.07) is -1.21. The molecule has 1 aliphatic carbocycles. The number of carbonyl (C=O) groups excluding carboxylic acids is 5. The van der Waals surface area contributed by atoms with Crippen LogP contribution in [0.1, 0.15) is 118 Å². The molecule has 4 N–H and O–H groups in total. The second-order valence-electron chi connectivity index (χ2n) is 16.6. The quantitative estimate of drug-likeness (QED) is 0.0996. The molecule has 0 spiro atoms. The van der Waals surface area contributed by atoms with Crippen LogP contribution in [-0.2, 0) is 38.2 Å². The van der Waals surface area contributed by atoms with E-state index in [1.807, 2.05) is 13.0 Å². The van der Waals surface area contributed by atoms with Crippen LogP contribution < -0.4 is 0 Å². The average molecular weight is 778 g/mol. The molecule has 13 nitrogen and oxygen atoms in total. The summed E-state index contributed by atoms with van der Waals surface area (Å²) in [5.41, 5.74) is 1.54. The summed E-state index contributed by atoms with van der Waals surface area (Å²) in [6.07, 6.45) is 6.10. The lowest BCUT2D eigenvalue weighted by molar-refractivity contribution is -0.208. The van der Waals surface area contributed by atoms with Gasteiger partial charge in [-0.25, -0.2) is 4.79 Å². The van der Waals surface area contributed by atoms with E-state index in [1.54, 1.807) is 19.9 Å². The van der Waals surface area contributed by atoms with Crippen molar-refractivity contribution >= 4 is 29.7 Å². The number of allylic oxidation sites excluding steroid dienone is 3. The molecule has 0 aromatic heterocycles. The van der Waals surface area contributed by atoms with Gasteiger partial charge in [0.15, 0.2) is 0 Å². The van der Waals surface area contributed by atoms with Gasteiger partial charge in [-0.1, -0.05) is 51.3 Å². The number of ether oxygens (including phenoxy) is 3. The zero-order chi connectivity index (χ0) is 41.0. The van der Waals surface area contributed by atoms with E-state index in [4.69, 9.17) is 14.2 Å². The van der Waals surface area contributed by atoms with Gasteiger partial charge >= 0.3 is 5.97 Å². The summed E-state index contributed by atoms with van der Waals surface area (Å²) in [7, 11) is 3.05. The van der Waals surface area contributed by atoms with Crippen LogP contribution in [0.15, 0.2) is 23.3 Å². The third-order valence-electron chi connectivity index (χ3n) is 12.1. The highest BCUT2D eigenvalue weighted by molar-refractivity contribution is 6.39. The summed E-state index contributed by atoms with van der Waals surface area (Å²) in [5.74, 6) is -9.23. The van der Waals surface area contributed by atoms with Gasteiger partial charge < -0.3 is 44.3 Å². The van der Waals surface area contributed by atoms with Gasteiger partial charge in [0, 0.05) is 51.4 Å². The fourth-order valence-electron chi connectivity index (χ4n) is 8.55. The number of carbonyl (C=O) groups is 5. The molecule has 0 aromatic carbocycles. The molecule has 1 saturated carbocycles. The molecular weight excluding hydrogens is 710 g/mol. The Bertz CT molecular complexity index is 1380. The van der Waals surface area contributed by atoms with Crippen LogP contribution in [0.3, 0.4) is 0 Å². The number of piperidine rings is 1. The van der Waals surface area contributed by atoms with Crippen molar-refractivity contribution in [3.63, 3.8) is 0 Å². The van der Waals surface area contributed by atoms with Gasteiger partial charge in [0.1, 0.15) is 24.2 Å². The van der Waals surface area contributed by atoms with Crippen molar-refractivity contribution in [2.45, 2.75) is 160 Å². The summed E-state index contributed by atoms with van der Waals surface area (Å²) in [6.45, 7) is 8.93. The minimum atomic E-state index is -3.01. The number of methoxy groups -OCH3 is 2. The number of aldehydes is 1. The first kappa shape index (κ1) is 46.6. The Hall–Kier alpha value is -2.81. The number of fused-ring (bicyclic) bond motifs is 1. The molecule has 2 fully saturated rings. The molecular formula is C42H67NO12. The summed E-state index contributed by atoms with van der Waals surface area (Å²) in [5, 5.41) is 44.2. The molecule has 3 rings (SSSR count). The Kier molecular flexibility index (Phi) is 18.3. The third-order valence-corrected chi connectivity index (χ3v) is 12.1. The first-order chi connectivity index (χ1) is 25.9. The van der Waals surface area contributed by atoms with Crippen LogP contribution in [0.4, 0.5) is 0 Å². The minimum Gasteiger partial charge on any atom is -0.456 e. The molecule has 55 heavy (non-hydrogen) atoms. The molecule has 0 bridgehead atoms. The minimum absolute atomic E-state index is 0.0215. The number of Topliss-reactive ketones (excluding diaryl/α,β-unsaturated/α-hetero) is 2. The van der Waals surface area contributed by atoms with Crippen LogP contribution >= 0.6 is 0 Å². The van der Waals surface area contributed by atoms with Gasteiger partial charge in [0.05, 0.1) is 24.4 Å². The normalized spacial score (nSPS) is 37.0. The van der Waals surface area contributed by atoms with E-state index < -0.39 is 71.7 Å². The number of ketones is 2. The summed E-state index contributed by atoms with van der Waals surface area (Å²) in [4.78, 5) is 67.8. The lowest BCUT2D eigenvalue weighted by Gasteiger charge is -2.38. The van der Waals surface area contributed by atoms with Crippen molar-refractivity contribution in [1.82, 2.24) is 4.90 Å². The number of aliphatic hydroxyl groups is 4. The van der Waals surface area contributed by atoms with Crippen LogP contribution in [0, 0.1) is 29.6 Å². The number of rotatable bonds is 6. The second kappa shape index (κ2) is 21.6. The van der Waals surface area contributed by atoms with Crippen molar-refractivity contribution in [3.8, 4) is 0 Å². The molecule has 13 heteroatoms. The summed E-state index contributed by atoms with van der Waals surface area (Å²) < 4.78 is 17.3. The number of cyclic esters (lactones) is 1. The standard InChI is InChI=1S/C42H67NO12/c1-25-11-10-12-32(53-6)22-28(4)42(51,52)39(48)40(49)43-17-9-8-13-33(43)41(50)55-38(27(3)21-30-14-15-34(45)37(23-30)54-7)29(5)35(46)24-36(47)31(16-18-44)20-26(2)19-25/h18,20-21,25,28-35,37-38,45-46,51-52H,8-17,19,22-24H2,1-7H3/b26-20-,27-21+/t25-,28-,29-,30+,31?,32-,33+,34-,35+,37-,38?/m1/s1. The van der Waals surface area contributed by atoms with Crippen LogP contribution in [0.5, 0.6) is 0 Å². The highest BCUT2D eigenvalue weighted by Gasteiger charge is 2.48. The maximum absolute atomic E-state index is 14.1. The molecule has 1 amide bonds. The van der Waals surface area contributed by atoms with E-state index in [-0.39, 0.29) is 56.0 Å². The first-order valence-corrected chi connectivity index (χ1v) is 20.2. The fraction of sp³-hybridized carbons (Fsp3) is 0.786. The molecule has 0 radical (unpaired) electrons. The van der Waals surface area contributed by atoms with E-state index in [2.05, 4.69) is 6.92 Å². The Morgan fingerprint density at radius 2 is 1.64 bits per heavy atom. The fourth-order valence-corrected chi connectivity index (χ4v) is 8.55. The smallest absolute Gasteiger partial charge is 0.329 e. The Morgan fingerprint density at radius 1 is 0.927 bits per heavy atom. The molecule has 312 valence electrons. The maximum Gasteiger partial charge on any atom is 0.329 e. The van der Waals surface area contributed by atoms with E-state index in [9.17, 15) is 44.4 Å². The Balaban J connectivity index is 2.04. The number of amides is 1. The third kappa shape index (κ3) is 12.8. The van der Waals surface area contributed by atoms with Gasteiger partial charge in [-0.05, 0) is 89.0 Å². The first-order valence-electron chi connectivity index (χ1n) is 20.2. The highest BCUT2D eigenvalue weighted by atomic mass is 16.5. The zero-order valence-electron chi connectivity index (χ0n) is 34.0. The predicted molar refractivity (Wildman–Crippen MR) is 204 cm³/mol. The molecule has 2 aliphatic heterocycles. The monoisotopic (exact) mass is 777 g/mol. The zero-order valence-corrected chi connectivity index (χ0v) is 34.0. The van der Waals surface area contributed by atoms with Crippen molar-refractivity contribution in [3.05, 3.63) is 23.3 Å². The number of hydrogen-bond acceptors (Lipinski definition) is 12. The second-order valence-corrected chi connectivity index (χ2v) is 16.6. The summed E-state index contributed by atoms with van der Waals surface area (Å²) >= 11 is 0. The van der Waals surface area contributed by atoms with E-state index >= 15 is 0 Å². The highest BCUT2D eigenvalue weighted by Crippen LogP contribution is 2.33. The Labute approximate surface area is 326 Å². The van der Waals surface area contributed by atoms with Crippen molar-refractivity contribution < 1.29 is 58.6 Å². The molecule has 11 atom stereocenters. The SMILES string of the molecule is CO[C@@H]1CCC[C@@H](C)C/C(C)=C\C(CC=O)C(=O)C[C@H](O)[C@@H](C)C(/C(C)=C/[C@@H]2CC[C@@H](O)[C@H](OC)C2)OC(=O)[C@@H]2CCCCN2C(=O)C(=O)C(O)(O)[C@H](C)C1. The van der Waals surface area contributed by atoms with Crippen molar-refractivity contribution in [2.24, 2.45) is 29.6 Å². The number of hydrogen-bond donors (Lipinski definition) is 4. The molecule has 1 saturated heterocycles. The lowest BCUT2D eigenvalue weighted by atomic mass is 9.81. The van der Waals surface area contributed by atoms with Crippen molar-refractivity contribution in [2.75, 3.05) is 20.8 Å². The van der Waals surface area contributed by atoms with Crippen LogP contribution in [0.25, 0.3) is 0 Å². The number of aliphatic hydroxyl groups excluding tert-OH is 2. The van der Waals surface area contributed by atoms with Crippen molar-refractivity contribution in [1.29, 1.82) is 0 Å². The number of nitrogens with zero attached hydrogens (tertiary/aromatic N) is 1. The molecule has 2 heterocycles. The van der Waals surface area contributed by atoms with Gasteiger partial charge in [0.2, 0.25) is 5.79 Å². The predicted octanol–water partition coefficient (Wildman–Crippen LogP) is 4.01. The molecule has 2 unspecified atom stereocenters. The topological polar surface area (TPSA) is 197 Å².